The molecule has 2 aliphatic rings. The van der Waals surface area contributed by atoms with E-state index >= 15 is 0 Å². The lowest BCUT2D eigenvalue weighted by Gasteiger charge is -2.37. The van der Waals surface area contributed by atoms with Crippen LogP contribution in [0.15, 0.2) is 18.3 Å². The fraction of sp³-hybridized carbons (Fsp3) is 0.571. The lowest BCUT2D eigenvalue weighted by atomic mass is 9.93. The molecule has 0 bridgehead atoms. The van der Waals surface area contributed by atoms with E-state index in [0.717, 1.165) is 5.56 Å². The maximum absolute atomic E-state index is 12.7. The normalized spacial score (nSPS) is 22.8. The van der Waals surface area contributed by atoms with Gasteiger partial charge in [0.1, 0.15) is 5.82 Å². The average Bonchev–Trinajstić information content (AvgIpc) is 2.86. The molecule has 2 aliphatic heterocycles. The zero-order valence-corrected chi connectivity index (χ0v) is 11.8. The Bertz CT molecular complexity index is 555. The lowest BCUT2D eigenvalue weighted by molar-refractivity contribution is -0.168. The summed E-state index contributed by atoms with van der Waals surface area (Å²) in [6.07, 6.45) is -3.35. The van der Waals surface area contributed by atoms with Crippen LogP contribution >= 0.6 is 0 Å². The van der Waals surface area contributed by atoms with E-state index in [1.807, 2.05) is 6.07 Å². The first-order chi connectivity index (χ1) is 10.3. The van der Waals surface area contributed by atoms with Gasteiger partial charge < -0.3 is 14.9 Å². The van der Waals surface area contributed by atoms with Gasteiger partial charge in [-0.15, -0.1) is 0 Å². The number of carbonyl (C=O) groups is 1. The fourth-order valence-corrected chi connectivity index (χ4v) is 2.91. The smallest absolute Gasteiger partial charge is 0.407 e. The zero-order chi connectivity index (χ0) is 15.9. The zero-order valence-electron chi connectivity index (χ0n) is 11.8. The van der Waals surface area contributed by atoms with Gasteiger partial charge in [-0.3, -0.25) is 0 Å². The molecule has 1 aromatic heterocycles. The summed E-state index contributed by atoms with van der Waals surface area (Å²) >= 11 is 0. The third kappa shape index (κ3) is 2.82. The first-order valence-corrected chi connectivity index (χ1v) is 7.10. The number of alkyl halides is 3. The Balaban J connectivity index is 1.60. The van der Waals surface area contributed by atoms with Crippen molar-refractivity contribution in [3.63, 3.8) is 0 Å². The molecule has 22 heavy (non-hydrogen) atoms. The Morgan fingerprint density at radius 1 is 1.27 bits per heavy atom. The van der Waals surface area contributed by atoms with Gasteiger partial charge >= 0.3 is 12.3 Å². The van der Waals surface area contributed by atoms with Gasteiger partial charge in [-0.05, 0) is 18.1 Å². The Labute approximate surface area is 125 Å². The van der Waals surface area contributed by atoms with E-state index in [0.29, 0.717) is 25.5 Å². The number of likely N-dealkylation sites (tertiary alicyclic amines) is 1. The molecule has 8 heteroatoms. The topological polar surface area (TPSA) is 56.7 Å². The van der Waals surface area contributed by atoms with Gasteiger partial charge in [-0.2, -0.15) is 13.2 Å². The molecule has 0 aliphatic carbocycles. The summed E-state index contributed by atoms with van der Waals surface area (Å²) in [6, 6.07) is 3.55. The molecule has 0 aromatic carbocycles. The molecule has 0 radical (unpaired) electrons. The summed E-state index contributed by atoms with van der Waals surface area (Å²) in [5.41, 5.74) is 0.924. The monoisotopic (exact) mass is 315 g/mol. The van der Waals surface area contributed by atoms with Crippen LogP contribution < -0.4 is 4.90 Å². The van der Waals surface area contributed by atoms with Gasteiger partial charge in [0.25, 0.3) is 0 Å². The van der Waals surface area contributed by atoms with Crippen molar-refractivity contribution in [2.24, 2.45) is 5.92 Å². The molecule has 3 heterocycles. The summed E-state index contributed by atoms with van der Waals surface area (Å²) in [4.78, 5) is 17.9. The van der Waals surface area contributed by atoms with E-state index < -0.39 is 18.2 Å². The summed E-state index contributed by atoms with van der Waals surface area (Å²) < 4.78 is 38.0. The average molecular weight is 315 g/mol. The molecular formula is C14H16F3N3O2. The highest BCUT2D eigenvalue weighted by Crippen LogP contribution is 2.35. The minimum absolute atomic E-state index is 0.0495. The first kappa shape index (κ1) is 14.9. The van der Waals surface area contributed by atoms with Gasteiger partial charge in [0.15, 0.2) is 0 Å². The van der Waals surface area contributed by atoms with E-state index in [-0.39, 0.29) is 18.9 Å². The van der Waals surface area contributed by atoms with Gasteiger partial charge in [0.05, 0.1) is 5.92 Å². The van der Waals surface area contributed by atoms with Crippen LogP contribution in [0.4, 0.5) is 23.8 Å². The van der Waals surface area contributed by atoms with Crippen molar-refractivity contribution in [1.82, 2.24) is 9.88 Å². The Morgan fingerprint density at radius 2 is 2.00 bits per heavy atom. The molecule has 2 saturated heterocycles. The minimum Gasteiger partial charge on any atom is -0.465 e. The molecule has 5 nitrogen and oxygen atoms in total. The Hall–Kier alpha value is -1.99. The van der Waals surface area contributed by atoms with Crippen molar-refractivity contribution in [3.8, 4) is 0 Å². The van der Waals surface area contributed by atoms with Gasteiger partial charge in [-0.25, -0.2) is 9.78 Å². The molecule has 1 aromatic rings. The number of hydrogen-bond donors (Lipinski definition) is 1. The van der Waals surface area contributed by atoms with Crippen molar-refractivity contribution in [1.29, 1.82) is 0 Å². The van der Waals surface area contributed by atoms with Crippen molar-refractivity contribution in [3.05, 3.63) is 23.9 Å². The third-order valence-corrected chi connectivity index (χ3v) is 4.37. The molecular weight excluding hydrogens is 299 g/mol. The number of rotatable bonds is 2. The molecule has 2 fully saturated rings. The molecule has 1 N–H and O–H groups in total. The second-order valence-electron chi connectivity index (χ2n) is 5.81. The number of aromatic nitrogens is 1. The number of anilines is 1. The van der Waals surface area contributed by atoms with Gasteiger partial charge in [0.2, 0.25) is 0 Å². The lowest BCUT2D eigenvalue weighted by Crippen LogP contribution is -2.47. The first-order valence-electron chi connectivity index (χ1n) is 7.10. The molecule has 1 amide bonds. The predicted molar refractivity (Wildman–Crippen MR) is 73.0 cm³/mol. The van der Waals surface area contributed by atoms with E-state index in [1.54, 1.807) is 17.2 Å². The maximum atomic E-state index is 12.7. The molecule has 3 rings (SSSR count). The number of nitrogens with zero attached hydrogens (tertiary/aromatic N) is 3. The fourth-order valence-electron chi connectivity index (χ4n) is 2.91. The van der Waals surface area contributed by atoms with E-state index in [4.69, 9.17) is 5.11 Å². The van der Waals surface area contributed by atoms with Crippen LogP contribution in [0.1, 0.15) is 17.9 Å². The second-order valence-corrected chi connectivity index (χ2v) is 5.81. The van der Waals surface area contributed by atoms with Crippen LogP contribution in [0, 0.1) is 5.92 Å². The van der Waals surface area contributed by atoms with Crippen LogP contribution in [0.3, 0.4) is 0 Å². The highest BCUT2D eigenvalue weighted by atomic mass is 19.4. The van der Waals surface area contributed by atoms with Crippen molar-refractivity contribution in [2.75, 3.05) is 31.1 Å². The number of hydrogen-bond acceptors (Lipinski definition) is 3. The molecule has 1 unspecified atom stereocenters. The van der Waals surface area contributed by atoms with E-state index in [1.165, 1.54) is 4.90 Å². The van der Waals surface area contributed by atoms with E-state index in [2.05, 4.69) is 4.98 Å². The Kier molecular flexibility index (Phi) is 3.62. The molecule has 1 atom stereocenters. The van der Waals surface area contributed by atoms with Gasteiger partial charge in [-0.1, -0.05) is 6.07 Å². The van der Waals surface area contributed by atoms with Crippen LogP contribution in [-0.2, 0) is 0 Å². The second kappa shape index (κ2) is 5.33. The van der Waals surface area contributed by atoms with Crippen molar-refractivity contribution < 1.29 is 23.1 Å². The minimum atomic E-state index is -4.15. The van der Waals surface area contributed by atoms with Crippen molar-refractivity contribution >= 4 is 11.9 Å². The number of amides is 1. The third-order valence-electron chi connectivity index (χ3n) is 4.37. The summed E-state index contributed by atoms with van der Waals surface area (Å²) in [6.45, 7) is 1.19. The standard InChI is InChI=1S/C14H16F3N3O2/c15-14(16,17)11-3-4-19(8-11)12-2-1-9(5-18-12)10-6-20(7-10)13(21)22/h1-2,5,10-11H,3-4,6-8H2,(H,21,22). The van der Waals surface area contributed by atoms with Crippen LogP contribution in [0.25, 0.3) is 0 Å². The number of halogens is 3. The quantitative estimate of drug-likeness (QED) is 0.911. The SMILES string of the molecule is O=C(O)N1CC(c2ccc(N3CCC(C(F)(F)F)C3)nc2)C1. The van der Waals surface area contributed by atoms with Gasteiger partial charge in [0, 0.05) is 38.3 Å². The Morgan fingerprint density at radius 3 is 2.50 bits per heavy atom. The van der Waals surface area contributed by atoms with Crippen LogP contribution in [-0.4, -0.2) is 53.4 Å². The molecule has 0 saturated carbocycles. The summed E-state index contributed by atoms with van der Waals surface area (Å²) in [5, 5.41) is 8.79. The highest BCUT2D eigenvalue weighted by molar-refractivity contribution is 5.66. The van der Waals surface area contributed by atoms with E-state index in [9.17, 15) is 18.0 Å². The highest BCUT2D eigenvalue weighted by Gasteiger charge is 2.43. The molecule has 0 spiro atoms. The number of pyridine rings is 1. The summed E-state index contributed by atoms with van der Waals surface area (Å²) in [5.74, 6) is -0.617. The van der Waals surface area contributed by atoms with Crippen LogP contribution in [0.2, 0.25) is 0 Å². The summed E-state index contributed by atoms with van der Waals surface area (Å²) in [7, 11) is 0. The molecule has 120 valence electrons. The predicted octanol–water partition coefficient (Wildman–Crippen LogP) is 2.55. The van der Waals surface area contributed by atoms with Crippen molar-refractivity contribution in [2.45, 2.75) is 18.5 Å². The maximum Gasteiger partial charge on any atom is 0.407 e. The largest absolute Gasteiger partial charge is 0.465 e. The van der Waals surface area contributed by atoms with Crippen LogP contribution in [0.5, 0.6) is 0 Å². The number of carboxylic acid groups (broad SMARTS) is 1.